The van der Waals surface area contributed by atoms with Gasteiger partial charge in [0.05, 0.1) is 0 Å². The van der Waals surface area contributed by atoms with Crippen LogP contribution in [0.2, 0.25) is 0 Å². The van der Waals surface area contributed by atoms with E-state index in [-0.39, 0.29) is 0 Å². The van der Waals surface area contributed by atoms with Crippen molar-refractivity contribution in [1.29, 1.82) is 0 Å². The van der Waals surface area contributed by atoms with Gasteiger partial charge in [-0.2, -0.15) is 20.4 Å². The molecular formula is C28H20N10. The molecule has 0 bridgehead atoms. The van der Waals surface area contributed by atoms with E-state index in [0.29, 0.717) is 23.3 Å². The van der Waals surface area contributed by atoms with Gasteiger partial charge in [0, 0.05) is 49.6 Å². The Balaban J connectivity index is 1.30. The summed E-state index contributed by atoms with van der Waals surface area (Å²) < 4.78 is 6.98. The van der Waals surface area contributed by atoms with Crippen LogP contribution in [0.4, 0.5) is 0 Å². The predicted octanol–water partition coefficient (Wildman–Crippen LogP) is 4.55. The Bertz CT molecular complexity index is 1540. The molecule has 182 valence electrons. The molecule has 0 saturated heterocycles. The lowest BCUT2D eigenvalue weighted by Gasteiger charge is -2.12. The number of hydrogen-bond donors (Lipinski definition) is 0. The van der Waals surface area contributed by atoms with Gasteiger partial charge in [-0.05, 0) is 70.8 Å². The van der Waals surface area contributed by atoms with E-state index in [0.717, 1.165) is 22.3 Å². The lowest BCUT2D eigenvalue weighted by molar-refractivity contribution is 0.804. The zero-order valence-electron chi connectivity index (χ0n) is 20.0. The van der Waals surface area contributed by atoms with Gasteiger partial charge in [0.15, 0.2) is 23.3 Å². The maximum Gasteiger partial charge on any atom is 0.156 e. The molecule has 38 heavy (non-hydrogen) atoms. The maximum atomic E-state index is 4.75. The predicted molar refractivity (Wildman–Crippen MR) is 141 cm³/mol. The molecule has 7 aromatic rings. The summed E-state index contributed by atoms with van der Waals surface area (Å²) in [6, 6.07) is 24.0. The lowest BCUT2D eigenvalue weighted by atomic mass is 10.0. The van der Waals surface area contributed by atoms with Crippen molar-refractivity contribution in [3.63, 3.8) is 0 Å². The average molecular weight is 497 g/mol. The summed E-state index contributed by atoms with van der Waals surface area (Å²) in [7, 11) is 0. The van der Waals surface area contributed by atoms with Gasteiger partial charge in [-0.25, -0.2) is 28.7 Å². The van der Waals surface area contributed by atoms with Crippen molar-refractivity contribution in [3.05, 3.63) is 122 Å². The van der Waals surface area contributed by atoms with Crippen molar-refractivity contribution < 1.29 is 0 Å². The first-order valence-electron chi connectivity index (χ1n) is 12.0. The maximum absolute atomic E-state index is 4.75. The van der Waals surface area contributed by atoms with Crippen LogP contribution in [0.5, 0.6) is 0 Å². The summed E-state index contributed by atoms with van der Waals surface area (Å²) >= 11 is 0. The van der Waals surface area contributed by atoms with Crippen LogP contribution in [0.3, 0.4) is 0 Å². The normalized spacial score (nSPS) is 11.2. The largest absolute Gasteiger partial charge is 0.223 e. The average Bonchev–Trinajstić information content (AvgIpc) is 3.81. The van der Waals surface area contributed by atoms with Gasteiger partial charge >= 0.3 is 0 Å². The molecule has 0 aliphatic carbocycles. The third-order valence-electron chi connectivity index (χ3n) is 6.10. The quantitative estimate of drug-likeness (QED) is 0.335. The zero-order valence-corrected chi connectivity index (χ0v) is 20.0. The Morgan fingerprint density at radius 2 is 0.658 bits per heavy atom. The summed E-state index contributed by atoms with van der Waals surface area (Å²) in [6.07, 6.45) is 14.4. The van der Waals surface area contributed by atoms with Gasteiger partial charge < -0.3 is 0 Å². The Labute approximate surface area is 217 Å². The van der Waals surface area contributed by atoms with Gasteiger partial charge in [-0.3, -0.25) is 0 Å². The summed E-state index contributed by atoms with van der Waals surface area (Å²) in [5.41, 5.74) is 4.11. The highest BCUT2D eigenvalue weighted by Crippen LogP contribution is 2.29. The van der Waals surface area contributed by atoms with Crippen LogP contribution in [0.25, 0.3) is 45.5 Å². The molecule has 1 aromatic carbocycles. The Morgan fingerprint density at radius 1 is 0.368 bits per heavy atom. The van der Waals surface area contributed by atoms with Crippen molar-refractivity contribution in [3.8, 4) is 45.5 Å². The molecule has 0 aliphatic heterocycles. The Hall–Kier alpha value is -5.64. The highest BCUT2D eigenvalue weighted by atomic mass is 15.3. The number of aromatic nitrogens is 10. The fourth-order valence-corrected chi connectivity index (χ4v) is 4.28. The molecule has 0 N–H and O–H groups in total. The molecule has 0 unspecified atom stereocenters. The van der Waals surface area contributed by atoms with E-state index in [1.807, 2.05) is 73.3 Å². The van der Waals surface area contributed by atoms with E-state index in [1.165, 1.54) is 0 Å². The molecule has 10 heteroatoms. The molecule has 0 atom stereocenters. The first-order chi connectivity index (χ1) is 18.8. The molecule has 10 nitrogen and oxygen atoms in total. The molecule has 0 radical (unpaired) electrons. The van der Waals surface area contributed by atoms with Crippen LogP contribution in [-0.4, -0.2) is 49.1 Å². The van der Waals surface area contributed by atoms with Crippen molar-refractivity contribution >= 4 is 0 Å². The minimum atomic E-state index is 0.712. The summed E-state index contributed by atoms with van der Waals surface area (Å²) in [6.45, 7) is 0. The molecule has 0 amide bonds. The molecule has 0 aliphatic rings. The van der Waals surface area contributed by atoms with Crippen LogP contribution in [-0.2, 0) is 0 Å². The minimum absolute atomic E-state index is 0.712. The second-order valence-electron chi connectivity index (χ2n) is 8.52. The van der Waals surface area contributed by atoms with Gasteiger partial charge in [-0.15, -0.1) is 0 Å². The highest BCUT2D eigenvalue weighted by Gasteiger charge is 2.12. The number of rotatable bonds is 6. The standard InChI is InChI=1S/C28H20N10/c1-9-29-35(13-1)25-17-23(18-26(33-25)36-14-2-10-30-36)21-5-7-22(8-6-21)24-19-27(37-15-3-11-31-37)34-28(20-24)38-16-4-12-32-38/h1-20H. The monoisotopic (exact) mass is 496 g/mol. The first kappa shape index (κ1) is 21.6. The highest BCUT2D eigenvalue weighted by molar-refractivity contribution is 5.73. The number of benzene rings is 1. The first-order valence-corrected chi connectivity index (χ1v) is 12.0. The van der Waals surface area contributed by atoms with Crippen molar-refractivity contribution in [2.75, 3.05) is 0 Å². The third-order valence-corrected chi connectivity index (χ3v) is 6.10. The molecule has 6 aromatic heterocycles. The number of nitrogens with zero attached hydrogens (tertiary/aromatic N) is 10. The van der Waals surface area contributed by atoms with Gasteiger partial charge in [0.1, 0.15) is 0 Å². The fourth-order valence-electron chi connectivity index (χ4n) is 4.28. The van der Waals surface area contributed by atoms with E-state index in [4.69, 9.17) is 9.97 Å². The summed E-state index contributed by atoms with van der Waals surface area (Å²) in [5.74, 6) is 2.85. The van der Waals surface area contributed by atoms with Crippen LogP contribution < -0.4 is 0 Å². The van der Waals surface area contributed by atoms with Gasteiger partial charge in [-0.1, -0.05) is 24.3 Å². The fraction of sp³-hybridized carbons (Fsp3) is 0. The molecular weight excluding hydrogens is 476 g/mol. The van der Waals surface area contributed by atoms with Crippen molar-refractivity contribution in [2.24, 2.45) is 0 Å². The molecule has 6 heterocycles. The lowest BCUT2D eigenvalue weighted by Crippen LogP contribution is -2.05. The molecule has 0 saturated carbocycles. The third kappa shape index (κ3) is 4.05. The van der Waals surface area contributed by atoms with E-state index in [9.17, 15) is 0 Å². The van der Waals surface area contributed by atoms with E-state index < -0.39 is 0 Å². The second kappa shape index (κ2) is 9.10. The number of hydrogen-bond acceptors (Lipinski definition) is 6. The van der Waals surface area contributed by atoms with E-state index in [1.54, 1.807) is 43.5 Å². The molecule has 0 fully saturated rings. The summed E-state index contributed by atoms with van der Waals surface area (Å²) in [5, 5.41) is 17.4. The minimum Gasteiger partial charge on any atom is -0.223 e. The SMILES string of the molecule is c1cnn(-c2cc(-c3ccc(-c4cc(-n5cccn5)nc(-n5cccn5)c4)cc3)cc(-n3cccn3)n2)c1. The van der Waals surface area contributed by atoms with E-state index in [2.05, 4.69) is 44.7 Å². The second-order valence-corrected chi connectivity index (χ2v) is 8.52. The Kier molecular flexibility index (Phi) is 5.18. The molecule has 0 spiro atoms. The Morgan fingerprint density at radius 3 is 0.895 bits per heavy atom. The van der Waals surface area contributed by atoms with Crippen LogP contribution >= 0.6 is 0 Å². The molecule has 7 rings (SSSR count). The van der Waals surface area contributed by atoms with Crippen LogP contribution in [0.1, 0.15) is 0 Å². The van der Waals surface area contributed by atoms with Gasteiger partial charge in [0.25, 0.3) is 0 Å². The van der Waals surface area contributed by atoms with Crippen molar-refractivity contribution in [1.82, 2.24) is 49.1 Å². The smallest absolute Gasteiger partial charge is 0.156 e. The van der Waals surface area contributed by atoms with Crippen LogP contribution in [0.15, 0.2) is 122 Å². The van der Waals surface area contributed by atoms with E-state index >= 15 is 0 Å². The topological polar surface area (TPSA) is 97.1 Å². The van der Waals surface area contributed by atoms with Crippen molar-refractivity contribution in [2.45, 2.75) is 0 Å². The van der Waals surface area contributed by atoms with Crippen LogP contribution in [0, 0.1) is 0 Å². The van der Waals surface area contributed by atoms with Gasteiger partial charge in [0.2, 0.25) is 0 Å². The zero-order chi connectivity index (χ0) is 25.3. The summed E-state index contributed by atoms with van der Waals surface area (Å²) in [4.78, 5) is 9.51. The number of pyridine rings is 2.